The molecule has 4 rings (SSSR count). The van der Waals surface area contributed by atoms with E-state index in [1.54, 1.807) is 11.3 Å². The highest BCUT2D eigenvalue weighted by Crippen LogP contribution is 2.38. The molecule has 102 valence electrons. The Morgan fingerprint density at radius 3 is 2.90 bits per heavy atom. The maximum absolute atomic E-state index is 12.0. The second kappa shape index (κ2) is 4.70. The van der Waals surface area contributed by atoms with Gasteiger partial charge < -0.3 is 5.32 Å². The van der Waals surface area contributed by atoms with Crippen LogP contribution in [0.3, 0.4) is 0 Å². The number of hydrogen-bond donors (Lipinski definition) is 1. The molecule has 1 heterocycles. The fourth-order valence-corrected chi connectivity index (χ4v) is 3.86. The highest BCUT2D eigenvalue weighted by Gasteiger charge is 2.27. The smallest absolute Gasteiger partial charge is 0.229 e. The molecule has 0 spiro atoms. The predicted octanol–water partition coefficient (Wildman–Crippen LogP) is 3.65. The van der Waals surface area contributed by atoms with E-state index in [4.69, 9.17) is 0 Å². The Bertz CT molecular complexity index is 673. The number of benzene rings is 1. The van der Waals surface area contributed by atoms with Gasteiger partial charge in [-0.3, -0.25) is 4.79 Å². The van der Waals surface area contributed by atoms with Crippen LogP contribution in [-0.2, 0) is 17.6 Å². The van der Waals surface area contributed by atoms with Crippen molar-refractivity contribution in [1.29, 1.82) is 0 Å². The van der Waals surface area contributed by atoms with Gasteiger partial charge in [0.2, 0.25) is 5.91 Å². The van der Waals surface area contributed by atoms with Gasteiger partial charge in [-0.25, -0.2) is 4.98 Å². The minimum atomic E-state index is 0.149. The molecule has 2 aliphatic rings. The summed E-state index contributed by atoms with van der Waals surface area (Å²) in [4.78, 5) is 18.0. The van der Waals surface area contributed by atoms with E-state index >= 15 is 0 Å². The van der Waals surface area contributed by atoms with Crippen molar-refractivity contribution in [3.8, 4) is 11.3 Å². The lowest BCUT2D eigenvalue weighted by molar-refractivity contribution is -0.122. The topological polar surface area (TPSA) is 42.0 Å². The van der Waals surface area contributed by atoms with Gasteiger partial charge in [0, 0.05) is 16.4 Å². The summed E-state index contributed by atoms with van der Waals surface area (Å²) in [7, 11) is 0. The van der Waals surface area contributed by atoms with E-state index in [9.17, 15) is 4.79 Å². The van der Waals surface area contributed by atoms with Gasteiger partial charge in [-0.15, -0.1) is 11.3 Å². The van der Waals surface area contributed by atoms with Gasteiger partial charge in [-0.2, -0.15) is 0 Å². The van der Waals surface area contributed by atoms with Gasteiger partial charge in [0.1, 0.15) is 0 Å². The van der Waals surface area contributed by atoms with Gasteiger partial charge in [0.05, 0.1) is 5.69 Å². The van der Waals surface area contributed by atoms with Crippen molar-refractivity contribution in [2.24, 2.45) is 5.92 Å². The van der Waals surface area contributed by atoms with Crippen molar-refractivity contribution in [2.75, 3.05) is 5.32 Å². The van der Waals surface area contributed by atoms with Gasteiger partial charge >= 0.3 is 0 Å². The highest BCUT2D eigenvalue weighted by atomic mass is 32.1. The molecule has 20 heavy (non-hydrogen) atoms. The molecule has 1 aromatic heterocycles. The van der Waals surface area contributed by atoms with Crippen LogP contribution in [0, 0.1) is 5.92 Å². The van der Waals surface area contributed by atoms with Crippen molar-refractivity contribution in [3.63, 3.8) is 0 Å². The molecule has 1 aromatic carbocycles. The van der Waals surface area contributed by atoms with Gasteiger partial charge in [0.25, 0.3) is 0 Å². The fraction of sp³-hybridized carbons (Fsp3) is 0.375. The zero-order valence-electron chi connectivity index (χ0n) is 11.2. The van der Waals surface area contributed by atoms with E-state index in [2.05, 4.69) is 34.6 Å². The first-order valence-electron chi connectivity index (χ1n) is 7.20. The molecule has 2 aliphatic carbocycles. The van der Waals surface area contributed by atoms with Crippen LogP contribution in [0.4, 0.5) is 5.13 Å². The fourth-order valence-electron chi connectivity index (χ4n) is 2.88. The standard InChI is InChI=1S/C16H16N2OS/c19-15(11-5-3-6-11)18-16-17-14-12-7-2-1-4-10(12)8-9-13(14)20-16/h1-2,4,7,11H,3,5-6,8-9H2,(H,17,18,19). The van der Waals surface area contributed by atoms with Crippen molar-refractivity contribution in [2.45, 2.75) is 32.1 Å². The summed E-state index contributed by atoms with van der Waals surface area (Å²) < 4.78 is 0. The zero-order chi connectivity index (χ0) is 13.5. The summed E-state index contributed by atoms with van der Waals surface area (Å²) in [5, 5.41) is 3.77. The van der Waals surface area contributed by atoms with Crippen LogP contribution in [0.1, 0.15) is 29.7 Å². The third kappa shape index (κ3) is 1.95. The number of rotatable bonds is 2. The number of aryl methyl sites for hydroxylation is 2. The SMILES string of the molecule is O=C(Nc1nc2c(s1)CCc1ccccc1-2)C1CCC1. The van der Waals surface area contributed by atoms with Crippen LogP contribution in [0.2, 0.25) is 0 Å². The van der Waals surface area contributed by atoms with Crippen LogP contribution < -0.4 is 5.32 Å². The Morgan fingerprint density at radius 1 is 1.25 bits per heavy atom. The number of anilines is 1. The first-order chi connectivity index (χ1) is 9.81. The number of hydrogen-bond acceptors (Lipinski definition) is 3. The van der Waals surface area contributed by atoms with Crippen molar-refractivity contribution in [3.05, 3.63) is 34.7 Å². The molecule has 1 saturated carbocycles. The maximum Gasteiger partial charge on any atom is 0.229 e. The minimum Gasteiger partial charge on any atom is -0.302 e. The zero-order valence-corrected chi connectivity index (χ0v) is 12.0. The molecular formula is C16H16N2OS. The third-order valence-electron chi connectivity index (χ3n) is 4.30. The molecule has 0 bridgehead atoms. The van der Waals surface area contributed by atoms with Gasteiger partial charge in [-0.1, -0.05) is 30.7 Å². The molecule has 0 unspecified atom stereocenters. The Labute approximate surface area is 122 Å². The number of nitrogens with one attached hydrogen (secondary N) is 1. The molecule has 2 aromatic rings. The average molecular weight is 284 g/mol. The normalized spacial score (nSPS) is 17.0. The van der Waals surface area contributed by atoms with Gasteiger partial charge in [-0.05, 0) is 31.2 Å². The summed E-state index contributed by atoms with van der Waals surface area (Å²) in [6.07, 6.45) is 5.34. The second-order valence-electron chi connectivity index (χ2n) is 5.57. The second-order valence-corrected chi connectivity index (χ2v) is 6.65. The Morgan fingerprint density at radius 2 is 2.10 bits per heavy atom. The molecular weight excluding hydrogens is 268 g/mol. The number of fused-ring (bicyclic) bond motifs is 3. The molecule has 0 aliphatic heterocycles. The van der Waals surface area contributed by atoms with Crippen LogP contribution >= 0.6 is 11.3 Å². The Kier molecular flexibility index (Phi) is 2.84. The number of carbonyl (C=O) groups excluding carboxylic acids is 1. The summed E-state index contributed by atoms with van der Waals surface area (Å²) in [5.41, 5.74) is 3.66. The van der Waals surface area contributed by atoms with Crippen LogP contribution in [0.5, 0.6) is 0 Å². The number of thiazole rings is 1. The van der Waals surface area contributed by atoms with E-state index in [0.717, 1.165) is 36.5 Å². The minimum absolute atomic E-state index is 0.149. The Hall–Kier alpha value is -1.68. The predicted molar refractivity (Wildman–Crippen MR) is 80.9 cm³/mol. The average Bonchev–Trinajstić information content (AvgIpc) is 2.79. The summed E-state index contributed by atoms with van der Waals surface area (Å²) in [6.45, 7) is 0. The molecule has 0 radical (unpaired) electrons. The number of aromatic nitrogens is 1. The summed E-state index contributed by atoms with van der Waals surface area (Å²) in [5.74, 6) is 0.360. The molecule has 1 N–H and O–H groups in total. The Balaban J connectivity index is 1.63. The lowest BCUT2D eigenvalue weighted by Crippen LogP contribution is -2.27. The van der Waals surface area contributed by atoms with E-state index in [1.807, 2.05) is 0 Å². The summed E-state index contributed by atoms with van der Waals surface area (Å²) in [6, 6.07) is 8.43. The van der Waals surface area contributed by atoms with Crippen molar-refractivity contribution >= 4 is 22.4 Å². The monoisotopic (exact) mass is 284 g/mol. The lowest BCUT2D eigenvalue weighted by Gasteiger charge is -2.23. The highest BCUT2D eigenvalue weighted by molar-refractivity contribution is 7.16. The molecule has 1 amide bonds. The maximum atomic E-state index is 12.0. The van der Waals surface area contributed by atoms with Crippen LogP contribution in [0.15, 0.2) is 24.3 Å². The quantitative estimate of drug-likeness (QED) is 0.914. The largest absolute Gasteiger partial charge is 0.302 e. The van der Waals surface area contributed by atoms with E-state index < -0.39 is 0 Å². The van der Waals surface area contributed by atoms with Crippen LogP contribution in [0.25, 0.3) is 11.3 Å². The number of nitrogens with zero attached hydrogens (tertiary/aromatic N) is 1. The first kappa shape index (κ1) is 12.1. The van der Waals surface area contributed by atoms with E-state index in [0.29, 0.717) is 0 Å². The van der Waals surface area contributed by atoms with E-state index in [-0.39, 0.29) is 11.8 Å². The van der Waals surface area contributed by atoms with Crippen LogP contribution in [-0.4, -0.2) is 10.9 Å². The molecule has 3 nitrogen and oxygen atoms in total. The summed E-state index contributed by atoms with van der Waals surface area (Å²) >= 11 is 1.64. The van der Waals surface area contributed by atoms with Gasteiger partial charge in [0.15, 0.2) is 5.13 Å². The van der Waals surface area contributed by atoms with Crippen molar-refractivity contribution in [1.82, 2.24) is 4.98 Å². The molecule has 0 atom stereocenters. The first-order valence-corrected chi connectivity index (χ1v) is 8.02. The number of amides is 1. The molecule has 4 heteroatoms. The molecule has 1 fully saturated rings. The van der Waals surface area contributed by atoms with Crippen molar-refractivity contribution < 1.29 is 4.79 Å². The lowest BCUT2D eigenvalue weighted by atomic mass is 9.85. The van der Waals surface area contributed by atoms with E-state index in [1.165, 1.54) is 22.4 Å². The molecule has 0 saturated heterocycles. The number of carbonyl (C=O) groups is 1. The third-order valence-corrected chi connectivity index (χ3v) is 5.33.